The molecule has 3 aliphatic carbocycles. The van der Waals surface area contributed by atoms with E-state index in [-0.39, 0.29) is 17.1 Å². The Kier molecular flexibility index (Phi) is 3.54. The smallest absolute Gasteiger partial charge is 0.241 e. The van der Waals surface area contributed by atoms with Crippen LogP contribution in [0.5, 0.6) is 0 Å². The Morgan fingerprint density at radius 2 is 2.11 bits per heavy atom. The fourth-order valence-corrected chi connectivity index (χ4v) is 4.63. The van der Waals surface area contributed by atoms with Crippen molar-refractivity contribution in [2.45, 2.75) is 52.8 Å². The Morgan fingerprint density at radius 3 is 2.63 bits per heavy atom. The molecule has 2 nitrogen and oxygen atoms in total. The first-order chi connectivity index (χ1) is 8.69. The van der Waals surface area contributed by atoms with Crippen molar-refractivity contribution in [3.8, 4) is 0 Å². The Labute approximate surface area is 118 Å². The third-order valence-corrected chi connectivity index (χ3v) is 5.69. The first-order valence-corrected chi connectivity index (χ1v) is 10.7. The van der Waals surface area contributed by atoms with Gasteiger partial charge in [0.25, 0.3) is 0 Å². The molecule has 3 rings (SSSR count). The molecule has 0 spiro atoms. The van der Waals surface area contributed by atoms with Crippen LogP contribution in [0.4, 0.5) is 0 Å². The monoisotopic (exact) mass is 278 g/mol. The van der Waals surface area contributed by atoms with E-state index in [0.717, 1.165) is 19.3 Å². The Bertz CT molecular complexity index is 444. The van der Waals surface area contributed by atoms with Gasteiger partial charge in [0.2, 0.25) is 8.32 Å². The lowest BCUT2D eigenvalue weighted by Gasteiger charge is -2.51. The van der Waals surface area contributed by atoms with Gasteiger partial charge >= 0.3 is 0 Å². The van der Waals surface area contributed by atoms with Crippen molar-refractivity contribution < 1.29 is 9.22 Å². The zero-order valence-electron chi connectivity index (χ0n) is 12.9. The Balaban J connectivity index is 2.39. The Hall–Kier alpha value is -0.833. The van der Waals surface area contributed by atoms with Crippen molar-refractivity contribution in [2.24, 2.45) is 17.3 Å². The molecule has 1 fully saturated rings. The fraction of sp³-hybridized carbons (Fsp3) is 0.688. The van der Waals surface area contributed by atoms with E-state index in [1.54, 1.807) is 0 Å². The number of hydrogen-bond acceptors (Lipinski definition) is 2. The van der Waals surface area contributed by atoms with E-state index in [1.165, 1.54) is 17.4 Å². The van der Waals surface area contributed by atoms with Crippen molar-refractivity contribution in [1.82, 2.24) is 0 Å². The van der Waals surface area contributed by atoms with E-state index < -0.39 is 8.32 Å². The predicted octanol–water partition coefficient (Wildman–Crippen LogP) is 4.30. The van der Waals surface area contributed by atoms with Crippen LogP contribution in [0, 0.1) is 17.3 Å². The Morgan fingerprint density at radius 1 is 1.47 bits per heavy atom. The molecule has 19 heavy (non-hydrogen) atoms. The molecule has 0 N–H and O–H groups in total. The van der Waals surface area contributed by atoms with Gasteiger partial charge in [0.15, 0.2) is 5.78 Å². The molecule has 3 aliphatic rings. The molecule has 0 aliphatic heterocycles. The van der Waals surface area contributed by atoms with Crippen molar-refractivity contribution in [3.05, 3.63) is 24.0 Å². The summed E-state index contributed by atoms with van der Waals surface area (Å²) in [5.74, 6) is 1.97. The van der Waals surface area contributed by atoms with E-state index in [0.29, 0.717) is 5.92 Å². The molecule has 106 valence electrons. The number of hydrogen-bond donors (Lipinski definition) is 0. The molecular weight excluding hydrogens is 252 g/mol. The molecule has 0 heterocycles. The topological polar surface area (TPSA) is 26.3 Å². The highest BCUT2D eigenvalue weighted by atomic mass is 28.4. The molecule has 0 aromatic rings. The number of rotatable bonds is 4. The third-order valence-electron chi connectivity index (χ3n) is 4.86. The van der Waals surface area contributed by atoms with Crippen molar-refractivity contribution in [2.75, 3.05) is 0 Å². The van der Waals surface area contributed by atoms with Gasteiger partial charge in [0.05, 0.1) is 5.76 Å². The number of fused-ring (bicyclic) bond motifs is 2. The number of carbonyl (C=O) groups excluding carboxylic acids is 1. The number of allylic oxidation sites excluding steroid dienone is 3. The zero-order chi connectivity index (χ0) is 14.4. The normalized spacial score (nSPS) is 34.4. The van der Waals surface area contributed by atoms with Crippen LogP contribution in [0.2, 0.25) is 19.6 Å². The van der Waals surface area contributed by atoms with E-state index >= 15 is 0 Å². The van der Waals surface area contributed by atoms with Crippen LogP contribution in [0.1, 0.15) is 33.1 Å². The van der Waals surface area contributed by atoms with Gasteiger partial charge in [0.1, 0.15) is 0 Å². The van der Waals surface area contributed by atoms with Crippen molar-refractivity contribution >= 4 is 14.1 Å². The van der Waals surface area contributed by atoms with E-state index in [9.17, 15) is 4.79 Å². The van der Waals surface area contributed by atoms with Gasteiger partial charge < -0.3 is 4.43 Å². The summed E-state index contributed by atoms with van der Waals surface area (Å²) in [4.78, 5) is 12.1. The maximum atomic E-state index is 12.1. The van der Waals surface area contributed by atoms with E-state index in [2.05, 4.69) is 40.1 Å². The highest BCUT2D eigenvalue weighted by molar-refractivity contribution is 6.70. The molecule has 0 radical (unpaired) electrons. The quantitative estimate of drug-likeness (QED) is 0.566. The molecule has 3 atom stereocenters. The van der Waals surface area contributed by atoms with Gasteiger partial charge in [-0.15, -0.1) is 0 Å². The molecule has 3 heteroatoms. The zero-order valence-corrected chi connectivity index (χ0v) is 13.9. The lowest BCUT2D eigenvalue weighted by Crippen LogP contribution is -2.46. The largest absolute Gasteiger partial charge is 0.547 e. The van der Waals surface area contributed by atoms with Gasteiger partial charge in [-0.05, 0) is 57.5 Å². The fourth-order valence-electron chi connectivity index (χ4n) is 3.65. The summed E-state index contributed by atoms with van der Waals surface area (Å²) < 4.78 is 6.33. The second-order valence-corrected chi connectivity index (χ2v) is 11.7. The summed E-state index contributed by atoms with van der Waals surface area (Å²) in [6.45, 7) is 14.7. The third kappa shape index (κ3) is 2.45. The second-order valence-electron chi connectivity index (χ2n) is 7.25. The summed E-state index contributed by atoms with van der Waals surface area (Å²) in [7, 11) is -1.58. The van der Waals surface area contributed by atoms with Crippen LogP contribution in [0.15, 0.2) is 24.0 Å². The number of ketones is 1. The van der Waals surface area contributed by atoms with Gasteiger partial charge in [-0.3, -0.25) is 4.79 Å². The van der Waals surface area contributed by atoms with E-state index in [1.807, 2.05) is 0 Å². The van der Waals surface area contributed by atoms with Crippen molar-refractivity contribution in [1.29, 1.82) is 0 Å². The molecular formula is C16H26O2Si. The van der Waals surface area contributed by atoms with Crippen LogP contribution in [0.25, 0.3) is 0 Å². The van der Waals surface area contributed by atoms with Crippen molar-refractivity contribution in [3.63, 3.8) is 0 Å². The maximum Gasteiger partial charge on any atom is 0.241 e. The maximum absolute atomic E-state index is 12.1. The molecule has 0 unspecified atom stereocenters. The standard InChI is InChI=1S/C16H26O2Si/c1-7-14(17)13-10-12-8-9-16(13,3)11(2)15(12)18-19(4,5)6/h7,12-13H,1,8-10H2,2-6H3/t12-,13+,16-/m0/s1. The minimum Gasteiger partial charge on any atom is -0.547 e. The van der Waals surface area contributed by atoms with E-state index in [4.69, 9.17) is 4.43 Å². The minimum absolute atomic E-state index is 0.0188. The summed E-state index contributed by atoms with van der Waals surface area (Å²) >= 11 is 0. The summed E-state index contributed by atoms with van der Waals surface area (Å²) in [6, 6.07) is 0. The van der Waals surface area contributed by atoms with Crippen LogP contribution in [0.3, 0.4) is 0 Å². The van der Waals surface area contributed by atoms with Gasteiger partial charge in [-0.1, -0.05) is 13.5 Å². The highest BCUT2D eigenvalue weighted by Gasteiger charge is 2.51. The second kappa shape index (κ2) is 4.62. The molecule has 0 aromatic heterocycles. The van der Waals surface area contributed by atoms with Gasteiger partial charge in [0, 0.05) is 17.3 Å². The lowest BCUT2D eigenvalue weighted by atomic mass is 9.54. The summed E-state index contributed by atoms with van der Waals surface area (Å²) in [6.07, 6.45) is 4.71. The van der Waals surface area contributed by atoms with Gasteiger partial charge in [-0.25, -0.2) is 0 Å². The molecule has 0 saturated heterocycles. The summed E-state index contributed by atoms with van der Waals surface area (Å²) in [5, 5.41) is 0. The van der Waals surface area contributed by atoms with Crippen LogP contribution in [-0.2, 0) is 9.22 Å². The molecule has 0 aromatic carbocycles. The first kappa shape index (κ1) is 14.6. The molecule has 1 saturated carbocycles. The first-order valence-electron chi connectivity index (χ1n) is 7.25. The van der Waals surface area contributed by atoms with Crippen LogP contribution >= 0.6 is 0 Å². The molecule has 0 amide bonds. The van der Waals surface area contributed by atoms with Crippen LogP contribution < -0.4 is 0 Å². The number of carbonyl (C=O) groups is 1. The minimum atomic E-state index is -1.58. The predicted molar refractivity (Wildman–Crippen MR) is 81.3 cm³/mol. The lowest BCUT2D eigenvalue weighted by molar-refractivity contribution is -0.124. The van der Waals surface area contributed by atoms with Crippen LogP contribution in [-0.4, -0.2) is 14.1 Å². The highest BCUT2D eigenvalue weighted by Crippen LogP contribution is 2.57. The average molecular weight is 278 g/mol. The SMILES string of the molecule is C=CC(=O)[C@H]1C[C@@H]2CC[C@@]1(C)C(C)=C2O[Si](C)(C)C. The van der Waals surface area contributed by atoms with Gasteiger partial charge in [-0.2, -0.15) is 0 Å². The summed E-state index contributed by atoms with van der Waals surface area (Å²) in [5.41, 5.74) is 1.30. The average Bonchev–Trinajstić information content (AvgIpc) is 2.32. The molecule has 2 bridgehead atoms.